The number of benzene rings is 1. The molecule has 0 amide bonds. The van der Waals surface area contributed by atoms with E-state index in [0.29, 0.717) is 18.1 Å². The predicted molar refractivity (Wildman–Crippen MR) is 64.7 cm³/mol. The lowest BCUT2D eigenvalue weighted by atomic mass is 10.1. The second-order valence-corrected chi connectivity index (χ2v) is 3.50. The van der Waals surface area contributed by atoms with E-state index in [-0.39, 0.29) is 0 Å². The van der Waals surface area contributed by atoms with Crippen LogP contribution in [0.3, 0.4) is 0 Å². The molecule has 0 spiro atoms. The molecule has 0 unspecified atom stereocenters. The molecule has 0 atom stereocenters. The van der Waals surface area contributed by atoms with Crippen LogP contribution >= 0.6 is 25.3 Å². The van der Waals surface area contributed by atoms with Gasteiger partial charge < -0.3 is 0 Å². The van der Waals surface area contributed by atoms with Crippen LogP contribution in [0.15, 0.2) is 23.3 Å². The molecule has 0 N–H and O–H groups in total. The molecule has 1 rings (SSSR count). The molecular weight excluding hydrogens is 214 g/mol. The SMILES string of the molecule is [N-]=[N+]=NCc1cc(CS)cc(CS)c1. The molecule has 0 aliphatic heterocycles. The van der Waals surface area contributed by atoms with Gasteiger partial charge in [0.2, 0.25) is 0 Å². The zero-order valence-corrected chi connectivity index (χ0v) is 9.38. The molecular formula is C9H11N3S2. The fraction of sp³-hybridized carbons (Fsp3) is 0.333. The Labute approximate surface area is 94.0 Å². The minimum absolute atomic E-state index is 0.388. The lowest BCUT2D eigenvalue weighted by Gasteiger charge is -2.04. The van der Waals surface area contributed by atoms with Crippen LogP contribution < -0.4 is 0 Å². The fourth-order valence-electron chi connectivity index (χ4n) is 1.23. The number of hydrogen-bond donors (Lipinski definition) is 2. The van der Waals surface area contributed by atoms with E-state index in [1.807, 2.05) is 12.1 Å². The molecule has 74 valence electrons. The van der Waals surface area contributed by atoms with Gasteiger partial charge in [-0.3, -0.25) is 0 Å². The number of hydrogen-bond acceptors (Lipinski definition) is 3. The summed E-state index contributed by atoms with van der Waals surface area (Å²) in [5.41, 5.74) is 11.5. The Morgan fingerprint density at radius 2 is 1.57 bits per heavy atom. The Hall–Kier alpha value is -0.770. The van der Waals surface area contributed by atoms with Gasteiger partial charge in [0.15, 0.2) is 0 Å². The molecule has 0 radical (unpaired) electrons. The van der Waals surface area contributed by atoms with Crippen LogP contribution in [0.2, 0.25) is 0 Å². The van der Waals surface area contributed by atoms with Crippen molar-refractivity contribution in [1.82, 2.24) is 0 Å². The first kappa shape index (κ1) is 11.3. The number of azide groups is 1. The predicted octanol–water partition coefficient (Wildman–Crippen LogP) is 3.36. The van der Waals surface area contributed by atoms with Gasteiger partial charge >= 0.3 is 0 Å². The van der Waals surface area contributed by atoms with Crippen molar-refractivity contribution in [1.29, 1.82) is 0 Å². The standard InChI is InChI=1S/C9H11N3S2/c10-12-11-4-7-1-8(5-13)3-9(2-7)6-14/h1-3,13-14H,4-6H2. The summed E-state index contributed by atoms with van der Waals surface area (Å²) < 4.78 is 0. The Balaban J connectivity index is 2.97. The van der Waals surface area contributed by atoms with Crippen molar-refractivity contribution in [2.24, 2.45) is 5.11 Å². The van der Waals surface area contributed by atoms with Gasteiger partial charge in [-0.15, -0.1) is 0 Å². The molecule has 0 saturated heterocycles. The number of nitrogens with zero attached hydrogens (tertiary/aromatic N) is 3. The number of thiol groups is 2. The van der Waals surface area contributed by atoms with E-state index < -0.39 is 0 Å². The maximum Gasteiger partial charge on any atom is 0.0511 e. The summed E-state index contributed by atoms with van der Waals surface area (Å²) in [6, 6.07) is 6.04. The molecule has 14 heavy (non-hydrogen) atoms. The van der Waals surface area contributed by atoms with E-state index in [0.717, 1.165) is 16.7 Å². The van der Waals surface area contributed by atoms with Crippen molar-refractivity contribution >= 4 is 25.3 Å². The highest BCUT2D eigenvalue weighted by molar-refractivity contribution is 7.79. The maximum atomic E-state index is 8.21. The summed E-state index contributed by atoms with van der Waals surface area (Å²) in [5.74, 6) is 1.37. The van der Waals surface area contributed by atoms with Crippen LogP contribution in [0.1, 0.15) is 16.7 Å². The van der Waals surface area contributed by atoms with E-state index >= 15 is 0 Å². The lowest BCUT2D eigenvalue weighted by Crippen LogP contribution is -1.89. The number of rotatable bonds is 4. The summed E-state index contributed by atoms with van der Waals surface area (Å²) in [4.78, 5) is 2.73. The van der Waals surface area contributed by atoms with Crippen LogP contribution in [0.5, 0.6) is 0 Å². The first-order chi connectivity index (χ1) is 6.80. The summed E-state index contributed by atoms with van der Waals surface area (Å²) in [7, 11) is 0. The smallest absolute Gasteiger partial charge is 0.0511 e. The Bertz CT molecular complexity index is 337. The largest absolute Gasteiger partial charge is 0.175 e. The molecule has 0 aliphatic rings. The summed E-state index contributed by atoms with van der Waals surface area (Å²) >= 11 is 8.41. The Morgan fingerprint density at radius 1 is 1.07 bits per heavy atom. The summed E-state index contributed by atoms with van der Waals surface area (Å²) in [6.07, 6.45) is 0. The van der Waals surface area contributed by atoms with E-state index in [1.54, 1.807) is 0 Å². The lowest BCUT2D eigenvalue weighted by molar-refractivity contribution is 1.04. The average molecular weight is 225 g/mol. The molecule has 5 heteroatoms. The highest BCUT2D eigenvalue weighted by Gasteiger charge is 1.98. The van der Waals surface area contributed by atoms with E-state index in [9.17, 15) is 0 Å². The van der Waals surface area contributed by atoms with E-state index in [2.05, 4.69) is 41.3 Å². The van der Waals surface area contributed by atoms with Gasteiger partial charge in [0.1, 0.15) is 0 Å². The van der Waals surface area contributed by atoms with Crippen molar-refractivity contribution in [3.8, 4) is 0 Å². The van der Waals surface area contributed by atoms with Crippen molar-refractivity contribution < 1.29 is 0 Å². The van der Waals surface area contributed by atoms with Gasteiger partial charge in [0.05, 0.1) is 6.54 Å². The zero-order chi connectivity index (χ0) is 10.4. The highest BCUT2D eigenvalue weighted by Crippen LogP contribution is 2.14. The van der Waals surface area contributed by atoms with Gasteiger partial charge in [-0.05, 0) is 22.2 Å². The van der Waals surface area contributed by atoms with Crippen LogP contribution in [0, 0.1) is 0 Å². The van der Waals surface area contributed by atoms with Crippen LogP contribution in [0.25, 0.3) is 10.4 Å². The third kappa shape index (κ3) is 3.18. The molecule has 0 heterocycles. The van der Waals surface area contributed by atoms with Crippen molar-refractivity contribution in [2.45, 2.75) is 18.1 Å². The minimum Gasteiger partial charge on any atom is -0.175 e. The summed E-state index contributed by atoms with van der Waals surface area (Å²) in [5, 5.41) is 3.52. The van der Waals surface area contributed by atoms with Crippen molar-refractivity contribution in [2.75, 3.05) is 0 Å². The molecule has 0 aliphatic carbocycles. The second-order valence-electron chi connectivity index (χ2n) is 2.86. The molecule has 0 fully saturated rings. The monoisotopic (exact) mass is 225 g/mol. The van der Waals surface area contributed by atoms with Crippen LogP contribution in [0.4, 0.5) is 0 Å². The molecule has 1 aromatic rings. The van der Waals surface area contributed by atoms with Gasteiger partial charge in [-0.25, -0.2) is 0 Å². The van der Waals surface area contributed by atoms with Crippen molar-refractivity contribution in [3.05, 3.63) is 45.3 Å². The molecule has 0 aromatic heterocycles. The van der Waals surface area contributed by atoms with Crippen LogP contribution in [-0.4, -0.2) is 0 Å². The first-order valence-corrected chi connectivity index (χ1v) is 5.41. The fourth-order valence-corrected chi connectivity index (χ4v) is 1.59. The highest BCUT2D eigenvalue weighted by atomic mass is 32.1. The van der Waals surface area contributed by atoms with E-state index in [1.165, 1.54) is 0 Å². The minimum atomic E-state index is 0.388. The average Bonchev–Trinajstić information content (AvgIpc) is 2.25. The van der Waals surface area contributed by atoms with E-state index in [4.69, 9.17) is 5.53 Å². The van der Waals surface area contributed by atoms with Gasteiger partial charge in [-0.1, -0.05) is 23.3 Å². The first-order valence-electron chi connectivity index (χ1n) is 4.14. The van der Waals surface area contributed by atoms with Crippen LogP contribution in [-0.2, 0) is 18.1 Å². The molecule has 3 nitrogen and oxygen atoms in total. The molecule has 0 bridgehead atoms. The Kier molecular flexibility index (Phi) is 4.73. The van der Waals surface area contributed by atoms with Gasteiger partial charge in [-0.2, -0.15) is 25.3 Å². The van der Waals surface area contributed by atoms with Gasteiger partial charge in [0, 0.05) is 16.4 Å². The third-order valence-corrected chi connectivity index (χ3v) is 2.52. The Morgan fingerprint density at radius 3 is 2.00 bits per heavy atom. The quantitative estimate of drug-likeness (QED) is 0.342. The topological polar surface area (TPSA) is 48.8 Å². The van der Waals surface area contributed by atoms with Gasteiger partial charge in [0.25, 0.3) is 0 Å². The molecule has 1 aromatic carbocycles. The third-order valence-electron chi connectivity index (χ3n) is 1.79. The zero-order valence-electron chi connectivity index (χ0n) is 7.59. The second kappa shape index (κ2) is 5.86. The summed E-state index contributed by atoms with van der Waals surface area (Å²) in [6.45, 7) is 0.388. The maximum absolute atomic E-state index is 8.21. The van der Waals surface area contributed by atoms with Crippen molar-refractivity contribution in [3.63, 3.8) is 0 Å². The molecule has 0 saturated carbocycles. The normalized spacial score (nSPS) is 9.57.